The number of aliphatic hydroxyl groups is 2. The van der Waals surface area contributed by atoms with E-state index in [2.05, 4.69) is 10.6 Å². The van der Waals surface area contributed by atoms with Crippen molar-refractivity contribution in [3.05, 3.63) is 33.1 Å². The summed E-state index contributed by atoms with van der Waals surface area (Å²) in [6.45, 7) is 4.72. The lowest BCUT2D eigenvalue weighted by Gasteiger charge is -2.31. The monoisotopic (exact) mass is 600 g/mol. The predicted octanol–water partition coefficient (Wildman–Crippen LogP) is -0.796. The molecule has 0 bridgehead atoms. The summed E-state index contributed by atoms with van der Waals surface area (Å²) in [5, 5.41) is 25.0. The molecule has 0 aliphatic carbocycles. The summed E-state index contributed by atoms with van der Waals surface area (Å²) in [6, 6.07) is 0.977. The Hall–Kier alpha value is -2.20. The van der Waals surface area contributed by atoms with Gasteiger partial charge in [-0.1, -0.05) is 0 Å². The maximum atomic E-state index is 13.5. The largest absolute Gasteiger partial charge is 0.387 e. The molecule has 1 aromatic heterocycles. The predicted molar refractivity (Wildman–Crippen MR) is 134 cm³/mol. The second-order valence-electron chi connectivity index (χ2n) is 7.86. The van der Waals surface area contributed by atoms with Crippen molar-refractivity contribution in [1.82, 2.24) is 20.2 Å². The van der Waals surface area contributed by atoms with Crippen molar-refractivity contribution < 1.29 is 51.8 Å². The van der Waals surface area contributed by atoms with Crippen LogP contribution < -0.4 is 21.9 Å². The average molecular weight is 600 g/mol. The molecule has 1 aliphatic rings. The molecule has 4 atom stereocenters. The molecule has 2 amide bonds. The first-order valence-electron chi connectivity index (χ1n) is 12.0. The number of aromatic amines is 1. The minimum Gasteiger partial charge on any atom is -0.387 e. The van der Waals surface area contributed by atoms with Gasteiger partial charge in [0.2, 0.25) is 11.4 Å². The lowest BCUT2D eigenvalue weighted by Crippen LogP contribution is -2.47. The summed E-state index contributed by atoms with van der Waals surface area (Å²) in [7, 11) is -8.63. The Kier molecular flexibility index (Phi) is 12.2. The number of aliphatic hydroxyl groups excluding tert-OH is 2. The Morgan fingerprint density at radius 3 is 1.97 bits per heavy atom. The van der Waals surface area contributed by atoms with E-state index in [0.29, 0.717) is 0 Å². The standard InChI is InChI=1S/C20H34N4O13P2/c1-5-33-38(31,34-6-2)20(39(32,35-7-3)36-8-4)23-13(26)11-21-17(29)16-14(27)15(28)18(37-16)24-10-9-12(25)22-19(24)30/h9-10,14-16,18,20,27-28H,5-8,11H2,1-4H3,(H,21,29)(H,23,26)(H,22,25,30)/t14-,15+,16-,18+/m0/s1. The second-order valence-corrected chi connectivity index (χ2v) is 12.5. The molecular weight excluding hydrogens is 566 g/mol. The van der Waals surface area contributed by atoms with Gasteiger partial charge >= 0.3 is 20.9 Å². The number of amides is 2. The number of aromatic nitrogens is 2. The van der Waals surface area contributed by atoms with Gasteiger partial charge in [-0.3, -0.25) is 33.1 Å². The van der Waals surface area contributed by atoms with E-state index in [4.69, 9.17) is 22.8 Å². The van der Waals surface area contributed by atoms with Gasteiger partial charge in [0.15, 0.2) is 12.3 Å². The molecule has 39 heavy (non-hydrogen) atoms. The third-order valence-electron chi connectivity index (χ3n) is 5.17. The normalized spacial score (nSPS) is 21.7. The lowest BCUT2D eigenvalue weighted by molar-refractivity contribution is -0.139. The summed E-state index contributed by atoms with van der Waals surface area (Å²) in [5.41, 5.74) is -3.54. The molecule has 1 saturated heterocycles. The fourth-order valence-corrected chi connectivity index (χ4v) is 8.55. The van der Waals surface area contributed by atoms with E-state index in [1.807, 2.05) is 4.98 Å². The quantitative estimate of drug-likeness (QED) is 0.155. The van der Waals surface area contributed by atoms with Gasteiger partial charge in [-0.05, 0) is 27.7 Å². The van der Waals surface area contributed by atoms with E-state index < -0.39 is 74.9 Å². The van der Waals surface area contributed by atoms with Crippen LogP contribution in [0.4, 0.5) is 0 Å². The van der Waals surface area contributed by atoms with Crippen LogP contribution in [0.3, 0.4) is 0 Å². The Morgan fingerprint density at radius 2 is 1.51 bits per heavy atom. The van der Waals surface area contributed by atoms with Gasteiger partial charge in [0.1, 0.15) is 12.2 Å². The summed E-state index contributed by atoms with van der Waals surface area (Å²) >= 11 is 0. The van der Waals surface area contributed by atoms with E-state index in [1.54, 1.807) is 0 Å². The highest BCUT2D eigenvalue weighted by Crippen LogP contribution is 2.69. The van der Waals surface area contributed by atoms with Gasteiger partial charge in [-0.15, -0.1) is 0 Å². The maximum absolute atomic E-state index is 13.5. The van der Waals surface area contributed by atoms with Crippen LogP contribution in [0.2, 0.25) is 0 Å². The van der Waals surface area contributed by atoms with Gasteiger partial charge in [0, 0.05) is 12.3 Å². The first-order valence-corrected chi connectivity index (χ1v) is 15.3. The fraction of sp³-hybridized carbons (Fsp3) is 0.700. The summed E-state index contributed by atoms with van der Waals surface area (Å²) < 4.78 is 54.0. The van der Waals surface area contributed by atoms with E-state index in [0.717, 1.165) is 16.8 Å². The van der Waals surface area contributed by atoms with Crippen LogP contribution in [-0.2, 0) is 41.6 Å². The number of carbonyl (C=O) groups is 2. The molecule has 222 valence electrons. The highest BCUT2D eigenvalue weighted by atomic mass is 31.2. The van der Waals surface area contributed by atoms with Gasteiger partial charge < -0.3 is 43.7 Å². The Morgan fingerprint density at radius 1 is 1.00 bits per heavy atom. The van der Waals surface area contributed by atoms with Gasteiger partial charge in [-0.2, -0.15) is 0 Å². The molecule has 19 heteroatoms. The van der Waals surface area contributed by atoms with Crippen molar-refractivity contribution in [3.8, 4) is 0 Å². The van der Waals surface area contributed by atoms with Crippen LogP contribution in [0, 0.1) is 0 Å². The number of carbonyl (C=O) groups excluding carboxylic acids is 2. The zero-order valence-electron chi connectivity index (χ0n) is 21.8. The molecule has 1 aliphatic heterocycles. The van der Waals surface area contributed by atoms with Crippen molar-refractivity contribution in [3.63, 3.8) is 0 Å². The topological polar surface area (TPSA) is 234 Å². The highest BCUT2D eigenvalue weighted by molar-refractivity contribution is 7.72. The molecule has 0 spiro atoms. The molecule has 0 unspecified atom stereocenters. The number of hydrogen-bond donors (Lipinski definition) is 5. The van der Waals surface area contributed by atoms with Crippen molar-refractivity contribution >= 4 is 27.0 Å². The number of rotatable bonds is 15. The Bertz CT molecular complexity index is 1150. The molecule has 1 fully saturated rings. The zero-order chi connectivity index (χ0) is 29.4. The molecule has 5 N–H and O–H groups in total. The average Bonchev–Trinajstić information content (AvgIpc) is 3.15. The van der Waals surface area contributed by atoms with Crippen LogP contribution in [0.1, 0.15) is 33.9 Å². The molecule has 1 aromatic rings. The number of H-pyrrole nitrogens is 1. The molecule has 2 rings (SSSR count). The summed E-state index contributed by atoms with van der Waals surface area (Å²) in [4.78, 5) is 50.7. The molecule has 2 heterocycles. The van der Waals surface area contributed by atoms with Crippen LogP contribution in [-0.4, -0.2) is 88.4 Å². The van der Waals surface area contributed by atoms with Crippen molar-refractivity contribution in [2.45, 2.75) is 57.8 Å². The zero-order valence-corrected chi connectivity index (χ0v) is 23.6. The minimum absolute atomic E-state index is 0.128. The third-order valence-corrected chi connectivity index (χ3v) is 10.8. The SMILES string of the molecule is CCOP(=O)(OCC)C(NC(=O)CNC(=O)[C@H]1O[C@@H](n2ccc(=O)[nH]c2=O)[C@H](O)[C@@H]1O)P(=O)(OCC)OCC. The molecular formula is C20H34N4O13P2. The third kappa shape index (κ3) is 7.93. The number of nitrogens with zero attached hydrogens (tertiary/aromatic N) is 1. The lowest BCUT2D eigenvalue weighted by atomic mass is 10.1. The maximum Gasteiger partial charge on any atom is 0.365 e. The molecule has 0 saturated carbocycles. The highest BCUT2D eigenvalue weighted by Gasteiger charge is 2.52. The first-order chi connectivity index (χ1) is 18.4. The van der Waals surface area contributed by atoms with Crippen LogP contribution in [0.15, 0.2) is 21.9 Å². The number of nitrogens with one attached hydrogen (secondary N) is 3. The molecule has 0 aromatic carbocycles. The fourth-order valence-electron chi connectivity index (χ4n) is 3.60. The minimum atomic E-state index is -4.31. The van der Waals surface area contributed by atoms with E-state index in [1.165, 1.54) is 27.7 Å². The first kappa shape index (κ1) is 33.0. The van der Waals surface area contributed by atoms with Crippen LogP contribution >= 0.6 is 15.2 Å². The van der Waals surface area contributed by atoms with E-state index in [9.17, 15) is 38.5 Å². The second kappa shape index (κ2) is 14.4. The van der Waals surface area contributed by atoms with Crippen LogP contribution in [0.5, 0.6) is 0 Å². The summed E-state index contributed by atoms with van der Waals surface area (Å²) in [6.07, 6.45) is -5.78. The van der Waals surface area contributed by atoms with Gasteiger partial charge in [-0.25, -0.2) is 4.79 Å². The van der Waals surface area contributed by atoms with E-state index in [-0.39, 0.29) is 26.4 Å². The van der Waals surface area contributed by atoms with Gasteiger partial charge in [0.25, 0.3) is 11.5 Å². The van der Waals surface area contributed by atoms with Crippen molar-refractivity contribution in [2.24, 2.45) is 0 Å². The summed E-state index contributed by atoms with van der Waals surface area (Å²) in [5.74, 6) is -2.06. The molecule has 0 radical (unpaired) electrons. The van der Waals surface area contributed by atoms with Crippen molar-refractivity contribution in [2.75, 3.05) is 33.0 Å². The van der Waals surface area contributed by atoms with Crippen molar-refractivity contribution in [1.29, 1.82) is 0 Å². The smallest absolute Gasteiger partial charge is 0.365 e. The number of hydrogen-bond acceptors (Lipinski definition) is 13. The van der Waals surface area contributed by atoms with Gasteiger partial charge in [0.05, 0.1) is 33.0 Å². The van der Waals surface area contributed by atoms with E-state index >= 15 is 0 Å². The Labute approximate surface area is 223 Å². The Balaban J connectivity index is 2.18. The molecule has 17 nitrogen and oxygen atoms in total. The number of ether oxygens (including phenoxy) is 1. The van der Waals surface area contributed by atoms with Crippen LogP contribution in [0.25, 0.3) is 0 Å².